The van der Waals surface area contributed by atoms with E-state index in [4.69, 9.17) is 11.6 Å². The fourth-order valence-corrected chi connectivity index (χ4v) is 4.44. The number of halogens is 2. The molecule has 0 bridgehead atoms. The van der Waals surface area contributed by atoms with Gasteiger partial charge in [-0.25, -0.2) is 0 Å². The molecule has 1 aromatic rings. The van der Waals surface area contributed by atoms with E-state index in [0.717, 1.165) is 10.3 Å². The van der Waals surface area contributed by atoms with E-state index in [9.17, 15) is 0 Å². The zero-order valence-electron chi connectivity index (χ0n) is 8.93. The van der Waals surface area contributed by atoms with E-state index in [0.29, 0.717) is 4.83 Å². The molecule has 1 atom stereocenters. The van der Waals surface area contributed by atoms with Crippen molar-refractivity contribution in [3.8, 4) is 0 Å². The molecule has 84 valence electrons. The predicted molar refractivity (Wildman–Crippen MR) is 72.3 cm³/mol. The Hall–Kier alpha value is 0.470. The normalized spacial score (nSPS) is 19.7. The van der Waals surface area contributed by atoms with Gasteiger partial charge >= 0.3 is 0 Å². The first-order valence-electron chi connectivity index (χ1n) is 5.56. The molecule has 1 fully saturated rings. The molecule has 0 N–H and O–H groups in total. The van der Waals surface area contributed by atoms with Crippen molar-refractivity contribution in [2.24, 2.45) is 5.92 Å². The van der Waals surface area contributed by atoms with Crippen molar-refractivity contribution in [1.82, 2.24) is 0 Å². The van der Waals surface area contributed by atoms with Crippen LogP contribution in [0.4, 0.5) is 0 Å². The average Bonchev–Trinajstić information content (AvgIpc) is 2.78. The van der Waals surface area contributed by atoms with E-state index in [1.54, 1.807) is 11.3 Å². The fourth-order valence-electron chi connectivity index (χ4n) is 2.29. The van der Waals surface area contributed by atoms with Gasteiger partial charge in [-0.1, -0.05) is 53.2 Å². The Kier molecular flexibility index (Phi) is 4.14. The molecule has 0 saturated heterocycles. The lowest BCUT2D eigenvalue weighted by Gasteiger charge is -2.12. The van der Waals surface area contributed by atoms with Crippen molar-refractivity contribution in [3.63, 3.8) is 0 Å². The highest BCUT2D eigenvalue weighted by atomic mass is 79.9. The molecule has 2 rings (SSSR count). The zero-order valence-corrected chi connectivity index (χ0v) is 12.1. The van der Waals surface area contributed by atoms with Crippen LogP contribution in [-0.2, 0) is 0 Å². The van der Waals surface area contributed by atoms with Gasteiger partial charge in [0.15, 0.2) is 0 Å². The monoisotopic (exact) mass is 306 g/mol. The van der Waals surface area contributed by atoms with Gasteiger partial charge in [0.2, 0.25) is 0 Å². The molecule has 0 radical (unpaired) electrons. The first-order chi connectivity index (χ1) is 7.16. The van der Waals surface area contributed by atoms with Crippen LogP contribution in [0.3, 0.4) is 0 Å². The van der Waals surface area contributed by atoms with Crippen molar-refractivity contribution < 1.29 is 0 Å². The molecule has 3 heteroatoms. The smallest absolute Gasteiger partial charge is 0.0960 e. The lowest BCUT2D eigenvalue weighted by Crippen LogP contribution is -1.97. The summed E-state index contributed by atoms with van der Waals surface area (Å²) in [6, 6.07) is 2.22. The van der Waals surface area contributed by atoms with Crippen molar-refractivity contribution >= 4 is 38.9 Å². The summed E-state index contributed by atoms with van der Waals surface area (Å²) in [5, 5.41) is 0. The minimum atomic E-state index is 0.511. The Bertz CT molecular complexity index is 309. The molecule has 1 heterocycles. The maximum absolute atomic E-state index is 6.09. The van der Waals surface area contributed by atoms with Gasteiger partial charge in [0, 0.05) is 9.70 Å². The first-order valence-corrected chi connectivity index (χ1v) is 7.67. The standard InChI is InChI=1S/C12H16BrClS/c1-8-6-11(15-12(8)14)10(13)7-9-4-2-3-5-9/h6,9-10H,2-5,7H2,1H3. The fraction of sp³-hybridized carbons (Fsp3) is 0.667. The third-order valence-corrected chi connectivity index (χ3v) is 6.04. The molecule has 1 aromatic heterocycles. The van der Waals surface area contributed by atoms with Gasteiger partial charge in [-0.15, -0.1) is 11.3 Å². The lowest BCUT2D eigenvalue weighted by atomic mass is 10.0. The number of hydrogen-bond acceptors (Lipinski definition) is 1. The Balaban J connectivity index is 1.97. The summed E-state index contributed by atoms with van der Waals surface area (Å²) >= 11 is 11.6. The van der Waals surface area contributed by atoms with Crippen LogP contribution >= 0.6 is 38.9 Å². The maximum Gasteiger partial charge on any atom is 0.0960 e. The van der Waals surface area contributed by atoms with E-state index < -0.39 is 0 Å². The lowest BCUT2D eigenvalue weighted by molar-refractivity contribution is 0.504. The highest BCUT2D eigenvalue weighted by Crippen LogP contribution is 2.41. The number of thiophene rings is 1. The molecule has 1 aliphatic carbocycles. The molecule has 1 unspecified atom stereocenters. The Labute approximate surface area is 109 Å². The van der Waals surface area contributed by atoms with Crippen LogP contribution in [0.15, 0.2) is 6.07 Å². The number of aryl methyl sites for hydroxylation is 1. The Morgan fingerprint density at radius 2 is 2.20 bits per heavy atom. The van der Waals surface area contributed by atoms with E-state index in [1.807, 2.05) is 0 Å². The molecule has 0 aliphatic heterocycles. The Morgan fingerprint density at radius 1 is 1.53 bits per heavy atom. The molecular weight excluding hydrogens is 292 g/mol. The van der Waals surface area contributed by atoms with Crippen LogP contribution < -0.4 is 0 Å². The summed E-state index contributed by atoms with van der Waals surface area (Å²) in [5.74, 6) is 0.926. The third-order valence-electron chi connectivity index (χ3n) is 3.20. The van der Waals surface area contributed by atoms with E-state index in [1.165, 1.54) is 42.5 Å². The highest BCUT2D eigenvalue weighted by Gasteiger charge is 2.21. The van der Waals surface area contributed by atoms with Crippen molar-refractivity contribution in [3.05, 3.63) is 20.8 Å². The van der Waals surface area contributed by atoms with Gasteiger partial charge in [0.25, 0.3) is 0 Å². The number of hydrogen-bond donors (Lipinski definition) is 0. The quantitative estimate of drug-likeness (QED) is 0.626. The number of rotatable bonds is 3. The number of alkyl halides is 1. The third kappa shape index (κ3) is 2.98. The first kappa shape index (κ1) is 11.9. The summed E-state index contributed by atoms with van der Waals surface area (Å²) in [6.07, 6.45) is 6.96. The van der Waals surface area contributed by atoms with Crippen LogP contribution in [-0.4, -0.2) is 0 Å². The van der Waals surface area contributed by atoms with Crippen LogP contribution in [0.2, 0.25) is 4.34 Å². The average molecular weight is 308 g/mol. The Morgan fingerprint density at radius 3 is 2.73 bits per heavy atom. The van der Waals surface area contributed by atoms with E-state index in [2.05, 4.69) is 28.9 Å². The summed E-state index contributed by atoms with van der Waals surface area (Å²) in [4.78, 5) is 1.90. The second-order valence-electron chi connectivity index (χ2n) is 4.46. The molecule has 0 aromatic carbocycles. The van der Waals surface area contributed by atoms with Crippen LogP contribution in [0.5, 0.6) is 0 Å². The molecule has 0 spiro atoms. The summed E-state index contributed by atoms with van der Waals surface area (Å²) in [7, 11) is 0. The molecular formula is C12H16BrClS. The zero-order chi connectivity index (χ0) is 10.8. The minimum Gasteiger partial charge on any atom is -0.127 e. The molecule has 0 nitrogen and oxygen atoms in total. The van der Waals surface area contributed by atoms with Crippen LogP contribution in [0.25, 0.3) is 0 Å². The van der Waals surface area contributed by atoms with E-state index in [-0.39, 0.29) is 0 Å². The summed E-state index contributed by atoms with van der Waals surface area (Å²) < 4.78 is 0.945. The van der Waals surface area contributed by atoms with Gasteiger partial charge in [0.1, 0.15) is 0 Å². The van der Waals surface area contributed by atoms with Crippen molar-refractivity contribution in [2.45, 2.75) is 43.9 Å². The second kappa shape index (κ2) is 5.20. The summed E-state index contributed by atoms with van der Waals surface area (Å²) in [5.41, 5.74) is 1.22. The van der Waals surface area contributed by atoms with Crippen molar-refractivity contribution in [2.75, 3.05) is 0 Å². The molecule has 1 saturated carbocycles. The van der Waals surface area contributed by atoms with Gasteiger partial charge in [-0.2, -0.15) is 0 Å². The van der Waals surface area contributed by atoms with E-state index >= 15 is 0 Å². The minimum absolute atomic E-state index is 0.511. The molecule has 1 aliphatic rings. The topological polar surface area (TPSA) is 0 Å². The molecule has 0 amide bonds. The van der Waals surface area contributed by atoms with Crippen molar-refractivity contribution in [1.29, 1.82) is 0 Å². The SMILES string of the molecule is Cc1cc(C(Br)CC2CCCC2)sc1Cl. The summed E-state index contributed by atoms with van der Waals surface area (Å²) in [6.45, 7) is 2.08. The highest BCUT2D eigenvalue weighted by molar-refractivity contribution is 9.09. The van der Waals surface area contributed by atoms with Crippen LogP contribution in [0, 0.1) is 12.8 Å². The van der Waals surface area contributed by atoms with Gasteiger partial charge in [-0.3, -0.25) is 0 Å². The second-order valence-corrected chi connectivity index (χ2v) is 7.25. The van der Waals surface area contributed by atoms with Gasteiger partial charge in [0.05, 0.1) is 4.34 Å². The molecule has 15 heavy (non-hydrogen) atoms. The predicted octanol–water partition coefficient (Wildman–Crippen LogP) is 5.73. The maximum atomic E-state index is 6.09. The van der Waals surface area contributed by atoms with Gasteiger partial charge in [-0.05, 0) is 30.9 Å². The largest absolute Gasteiger partial charge is 0.127 e. The van der Waals surface area contributed by atoms with Crippen LogP contribution in [0.1, 0.15) is 47.4 Å². The van der Waals surface area contributed by atoms with Gasteiger partial charge < -0.3 is 0 Å².